The number of anilines is 1. The van der Waals surface area contributed by atoms with Gasteiger partial charge in [0.1, 0.15) is 18.0 Å². The van der Waals surface area contributed by atoms with Crippen molar-refractivity contribution in [1.82, 2.24) is 9.97 Å². The van der Waals surface area contributed by atoms with Crippen LogP contribution in [0.15, 0.2) is 152 Å². The molecule has 5 aromatic rings. The van der Waals surface area contributed by atoms with Gasteiger partial charge in [-0.2, -0.15) is 0 Å². The molecule has 0 aliphatic carbocycles. The van der Waals surface area contributed by atoms with Crippen LogP contribution in [0.25, 0.3) is 0 Å². The lowest BCUT2D eigenvalue weighted by Gasteiger charge is -2.46. The van der Waals surface area contributed by atoms with Gasteiger partial charge < -0.3 is 14.6 Å². The van der Waals surface area contributed by atoms with E-state index in [0.29, 0.717) is 6.42 Å². The maximum absolute atomic E-state index is 12.6. The summed E-state index contributed by atoms with van der Waals surface area (Å²) in [6.45, 7) is 0.234. The maximum Gasteiger partial charge on any atom is 0.331 e. The molecule has 0 saturated heterocycles. The number of H-pyrrole nitrogens is 1. The van der Waals surface area contributed by atoms with Gasteiger partial charge in [-0.25, -0.2) is 9.78 Å². The number of esters is 1. The van der Waals surface area contributed by atoms with Gasteiger partial charge in [0, 0.05) is 18.7 Å². The summed E-state index contributed by atoms with van der Waals surface area (Å²) < 4.78 is 5.49. The van der Waals surface area contributed by atoms with Crippen molar-refractivity contribution in [2.24, 2.45) is 0 Å². The molecule has 0 unspecified atom stereocenters. The van der Waals surface area contributed by atoms with Gasteiger partial charge in [-0.3, -0.25) is 0 Å². The van der Waals surface area contributed by atoms with Crippen LogP contribution in [0.4, 0.5) is 5.82 Å². The molecule has 0 fully saturated rings. The number of aromatic amines is 1. The topological polar surface area (TPSA) is 58.2 Å². The number of imidazole rings is 1. The highest BCUT2D eigenvalue weighted by atomic mass is 16.5. The first-order chi connectivity index (χ1) is 19.7. The zero-order chi connectivity index (χ0) is 27.2. The lowest BCUT2D eigenvalue weighted by atomic mass is 9.75. The van der Waals surface area contributed by atoms with Gasteiger partial charge in [0.25, 0.3) is 0 Å². The molecular weight excluding hydrogens is 494 g/mol. The Morgan fingerprint density at radius 3 is 1.88 bits per heavy atom. The molecule has 5 heteroatoms. The summed E-state index contributed by atoms with van der Waals surface area (Å²) in [5, 5.41) is 0. The summed E-state index contributed by atoms with van der Waals surface area (Å²) in [5.74, 6) is 0.532. The van der Waals surface area contributed by atoms with Crippen molar-refractivity contribution in [2.45, 2.75) is 18.6 Å². The number of carbonyl (C=O) groups excluding carboxylic acids is 1. The number of fused-ring (bicyclic) bond motifs is 1. The van der Waals surface area contributed by atoms with Crippen LogP contribution in [-0.4, -0.2) is 15.9 Å². The Balaban J connectivity index is 1.45. The van der Waals surface area contributed by atoms with Gasteiger partial charge in [-0.1, -0.05) is 121 Å². The fraction of sp³-hybridized carbons (Fsp3) is 0.0857. The number of hydrogen-bond acceptors (Lipinski definition) is 4. The Kier molecular flexibility index (Phi) is 7.10. The molecule has 1 N–H and O–H groups in total. The summed E-state index contributed by atoms with van der Waals surface area (Å²) in [6.07, 6.45) is 7.78. The van der Waals surface area contributed by atoms with Gasteiger partial charge in [-0.15, -0.1) is 0 Å². The Hall–Kier alpha value is -5.16. The smallest absolute Gasteiger partial charge is 0.331 e. The van der Waals surface area contributed by atoms with Crippen LogP contribution in [0.1, 0.15) is 27.9 Å². The largest absolute Gasteiger partial charge is 0.458 e. The summed E-state index contributed by atoms with van der Waals surface area (Å²) in [6, 6.07) is 41.2. The first kappa shape index (κ1) is 25.1. The van der Waals surface area contributed by atoms with Crippen molar-refractivity contribution in [3.8, 4) is 0 Å². The van der Waals surface area contributed by atoms with E-state index in [0.717, 1.165) is 39.3 Å². The van der Waals surface area contributed by atoms with E-state index >= 15 is 0 Å². The molecule has 0 spiro atoms. The van der Waals surface area contributed by atoms with E-state index in [1.54, 1.807) is 6.33 Å². The molecule has 0 saturated carbocycles. The van der Waals surface area contributed by atoms with Crippen molar-refractivity contribution >= 4 is 11.8 Å². The third-order valence-electron chi connectivity index (χ3n) is 7.20. The molecule has 0 radical (unpaired) electrons. The van der Waals surface area contributed by atoms with Crippen molar-refractivity contribution in [2.75, 3.05) is 4.90 Å². The number of hydrogen-bond donors (Lipinski definition) is 1. The summed E-state index contributed by atoms with van der Waals surface area (Å²) in [5.41, 5.74) is 5.42. The SMILES string of the molecule is O=C(/C=C/C1=CN(C(c2ccccc2)(c2ccccc2)c2ccccc2)c2[nH]cnc2C1)OCc1ccccc1. The van der Waals surface area contributed by atoms with E-state index in [1.807, 2.05) is 54.6 Å². The average molecular weight is 524 g/mol. The highest BCUT2D eigenvalue weighted by Crippen LogP contribution is 2.47. The fourth-order valence-electron chi connectivity index (χ4n) is 5.40. The maximum atomic E-state index is 12.6. The monoisotopic (exact) mass is 523 g/mol. The Bertz CT molecular complexity index is 1530. The second-order valence-electron chi connectivity index (χ2n) is 9.68. The van der Waals surface area contributed by atoms with Crippen LogP contribution in [0.5, 0.6) is 0 Å². The quantitative estimate of drug-likeness (QED) is 0.136. The van der Waals surface area contributed by atoms with E-state index in [9.17, 15) is 4.79 Å². The Morgan fingerprint density at radius 1 is 0.800 bits per heavy atom. The van der Waals surface area contributed by atoms with Crippen LogP contribution in [0, 0.1) is 0 Å². The molecule has 0 atom stereocenters. The van der Waals surface area contributed by atoms with E-state index in [2.05, 4.69) is 93.9 Å². The number of benzene rings is 4. The van der Waals surface area contributed by atoms with Gasteiger partial charge in [0.05, 0.1) is 12.0 Å². The Morgan fingerprint density at radius 2 is 1.32 bits per heavy atom. The molecule has 5 nitrogen and oxygen atoms in total. The second kappa shape index (κ2) is 11.3. The first-order valence-electron chi connectivity index (χ1n) is 13.3. The molecule has 40 heavy (non-hydrogen) atoms. The minimum atomic E-state index is -0.710. The normalized spacial score (nSPS) is 13.1. The molecular formula is C35H29N3O2. The zero-order valence-electron chi connectivity index (χ0n) is 22.0. The third kappa shape index (κ3) is 4.85. The van der Waals surface area contributed by atoms with E-state index in [1.165, 1.54) is 6.08 Å². The van der Waals surface area contributed by atoms with Crippen LogP contribution < -0.4 is 4.90 Å². The van der Waals surface area contributed by atoms with Gasteiger partial charge in [-0.05, 0) is 33.9 Å². The highest BCUT2D eigenvalue weighted by molar-refractivity contribution is 5.82. The number of rotatable bonds is 8. The average Bonchev–Trinajstić information content (AvgIpc) is 3.50. The molecule has 0 amide bonds. The number of aromatic nitrogens is 2. The molecule has 1 aromatic heterocycles. The second-order valence-corrected chi connectivity index (χ2v) is 9.68. The van der Waals surface area contributed by atoms with Crippen LogP contribution >= 0.6 is 0 Å². The molecule has 6 rings (SSSR count). The number of nitrogens with zero attached hydrogens (tertiary/aromatic N) is 2. The Labute approximate surface area is 234 Å². The molecule has 1 aliphatic rings. The van der Waals surface area contributed by atoms with Gasteiger partial charge in [0.2, 0.25) is 0 Å². The zero-order valence-corrected chi connectivity index (χ0v) is 22.0. The van der Waals surface area contributed by atoms with Crippen molar-refractivity contribution < 1.29 is 9.53 Å². The number of carbonyl (C=O) groups is 1. The first-order valence-corrected chi connectivity index (χ1v) is 13.3. The van der Waals surface area contributed by atoms with Crippen molar-refractivity contribution in [3.63, 3.8) is 0 Å². The predicted molar refractivity (Wildman–Crippen MR) is 157 cm³/mol. The predicted octanol–water partition coefficient (Wildman–Crippen LogP) is 6.95. The van der Waals surface area contributed by atoms with Crippen molar-refractivity contribution in [1.29, 1.82) is 0 Å². The number of allylic oxidation sites excluding steroid dienone is 2. The highest BCUT2D eigenvalue weighted by Gasteiger charge is 2.44. The summed E-state index contributed by atoms with van der Waals surface area (Å²) in [7, 11) is 0. The number of nitrogens with one attached hydrogen (secondary N) is 1. The standard InChI is InChI=1S/C35H29N3O2/c39-33(40-25-27-13-5-1-6-14-27)22-21-28-23-32-34(37-26-36-32)38(24-28)35(29-15-7-2-8-16-29,30-17-9-3-10-18-30)31-19-11-4-12-20-31/h1-22,24,26H,23,25H2,(H,36,37)/b22-21+. The number of ether oxygens (including phenoxy) is 1. The molecule has 196 valence electrons. The van der Waals surface area contributed by atoms with Gasteiger partial charge >= 0.3 is 5.97 Å². The molecule has 1 aliphatic heterocycles. The third-order valence-corrected chi connectivity index (χ3v) is 7.20. The van der Waals surface area contributed by atoms with Crippen LogP contribution in [-0.2, 0) is 28.1 Å². The lowest BCUT2D eigenvalue weighted by Crippen LogP contribution is -2.47. The molecule has 4 aromatic carbocycles. The lowest BCUT2D eigenvalue weighted by molar-refractivity contribution is -0.139. The summed E-state index contributed by atoms with van der Waals surface area (Å²) >= 11 is 0. The van der Waals surface area contributed by atoms with E-state index in [-0.39, 0.29) is 12.6 Å². The van der Waals surface area contributed by atoms with E-state index in [4.69, 9.17) is 4.74 Å². The summed E-state index contributed by atoms with van der Waals surface area (Å²) in [4.78, 5) is 23.0. The molecule has 2 heterocycles. The van der Waals surface area contributed by atoms with Crippen LogP contribution in [0.3, 0.4) is 0 Å². The minimum absolute atomic E-state index is 0.234. The van der Waals surface area contributed by atoms with Gasteiger partial charge in [0.15, 0.2) is 0 Å². The van der Waals surface area contributed by atoms with Crippen molar-refractivity contribution in [3.05, 3.63) is 180 Å². The van der Waals surface area contributed by atoms with Crippen LogP contribution in [0.2, 0.25) is 0 Å². The molecule has 0 bridgehead atoms. The fourth-order valence-corrected chi connectivity index (χ4v) is 5.40. The van der Waals surface area contributed by atoms with E-state index < -0.39 is 5.54 Å². The minimum Gasteiger partial charge on any atom is -0.458 e.